The van der Waals surface area contributed by atoms with Gasteiger partial charge in [0.05, 0.1) is 25.7 Å². The summed E-state index contributed by atoms with van der Waals surface area (Å²) in [6, 6.07) is 8.04. The lowest BCUT2D eigenvalue weighted by atomic mass is 10.1. The van der Waals surface area contributed by atoms with Crippen molar-refractivity contribution in [2.75, 3.05) is 25.1 Å². The largest absolute Gasteiger partial charge is 0.378 e. The molecule has 0 bridgehead atoms. The third-order valence-electron chi connectivity index (χ3n) is 3.33. The lowest BCUT2D eigenvalue weighted by Crippen LogP contribution is -2.45. The highest BCUT2D eigenvalue weighted by Crippen LogP contribution is 2.19. The fraction of sp³-hybridized carbons (Fsp3) is 0.562. The first kappa shape index (κ1) is 15.8. The van der Waals surface area contributed by atoms with Gasteiger partial charge in [-0.15, -0.1) is 0 Å². The van der Waals surface area contributed by atoms with Crippen LogP contribution in [0.1, 0.15) is 26.3 Å². The summed E-state index contributed by atoms with van der Waals surface area (Å²) in [5, 5.41) is 6.17. The number of benzene rings is 1. The zero-order chi connectivity index (χ0) is 15.3. The molecule has 1 fully saturated rings. The van der Waals surface area contributed by atoms with Crippen molar-refractivity contribution in [1.29, 1.82) is 0 Å². The van der Waals surface area contributed by atoms with E-state index in [2.05, 4.69) is 10.6 Å². The zero-order valence-electron chi connectivity index (χ0n) is 12.9. The quantitative estimate of drug-likeness (QED) is 0.870. The van der Waals surface area contributed by atoms with E-state index in [0.717, 1.165) is 11.3 Å². The molecule has 1 heterocycles. The average Bonchev–Trinajstić information content (AvgIpc) is 2.43. The van der Waals surface area contributed by atoms with Gasteiger partial charge in [0.25, 0.3) is 0 Å². The molecule has 5 nitrogen and oxygen atoms in total. The van der Waals surface area contributed by atoms with Crippen molar-refractivity contribution >= 4 is 11.6 Å². The van der Waals surface area contributed by atoms with Crippen molar-refractivity contribution < 1.29 is 14.3 Å². The van der Waals surface area contributed by atoms with Gasteiger partial charge in [-0.3, -0.25) is 4.79 Å². The number of ether oxygens (including phenoxy) is 2. The monoisotopic (exact) mass is 292 g/mol. The summed E-state index contributed by atoms with van der Waals surface area (Å²) in [7, 11) is 0. The SMILES string of the molecule is CCNC(=O)Cc1ccc(NC2COC(C)(C)OC2)cc1. The number of amides is 1. The molecule has 0 atom stereocenters. The Labute approximate surface area is 126 Å². The van der Waals surface area contributed by atoms with Crippen molar-refractivity contribution in [3.05, 3.63) is 29.8 Å². The first-order valence-electron chi connectivity index (χ1n) is 7.38. The lowest BCUT2D eigenvalue weighted by molar-refractivity contribution is -0.247. The van der Waals surface area contributed by atoms with Crippen LogP contribution in [0.25, 0.3) is 0 Å². The molecule has 1 aromatic carbocycles. The Hall–Kier alpha value is -1.59. The lowest BCUT2D eigenvalue weighted by Gasteiger charge is -2.35. The van der Waals surface area contributed by atoms with E-state index in [9.17, 15) is 4.79 Å². The molecule has 0 aliphatic carbocycles. The van der Waals surface area contributed by atoms with Gasteiger partial charge in [-0.25, -0.2) is 0 Å². The Kier molecular flexibility index (Phi) is 5.20. The number of rotatable bonds is 5. The smallest absolute Gasteiger partial charge is 0.224 e. The van der Waals surface area contributed by atoms with Gasteiger partial charge < -0.3 is 20.1 Å². The van der Waals surface area contributed by atoms with E-state index in [1.807, 2.05) is 45.0 Å². The van der Waals surface area contributed by atoms with Crippen LogP contribution in [0, 0.1) is 0 Å². The second kappa shape index (κ2) is 6.91. The molecule has 1 amide bonds. The maximum Gasteiger partial charge on any atom is 0.224 e. The maximum atomic E-state index is 11.5. The zero-order valence-corrected chi connectivity index (χ0v) is 12.9. The van der Waals surface area contributed by atoms with Crippen LogP contribution in [0.4, 0.5) is 5.69 Å². The number of carbonyl (C=O) groups is 1. The highest BCUT2D eigenvalue weighted by Gasteiger charge is 2.28. The van der Waals surface area contributed by atoms with Gasteiger partial charge in [0, 0.05) is 12.2 Å². The van der Waals surface area contributed by atoms with Crippen molar-refractivity contribution in [3.8, 4) is 0 Å². The molecule has 0 saturated carbocycles. The summed E-state index contributed by atoms with van der Waals surface area (Å²) in [6.07, 6.45) is 0.415. The van der Waals surface area contributed by atoms with E-state index in [1.54, 1.807) is 0 Å². The topological polar surface area (TPSA) is 59.6 Å². The summed E-state index contributed by atoms with van der Waals surface area (Å²) >= 11 is 0. The van der Waals surface area contributed by atoms with Crippen molar-refractivity contribution in [2.24, 2.45) is 0 Å². The summed E-state index contributed by atoms with van der Waals surface area (Å²) in [5.41, 5.74) is 2.01. The van der Waals surface area contributed by atoms with Gasteiger partial charge >= 0.3 is 0 Å². The van der Waals surface area contributed by atoms with Gasteiger partial charge in [0.15, 0.2) is 5.79 Å². The van der Waals surface area contributed by atoms with Gasteiger partial charge in [-0.05, 0) is 38.5 Å². The van der Waals surface area contributed by atoms with Crippen molar-refractivity contribution in [1.82, 2.24) is 5.32 Å². The van der Waals surface area contributed by atoms with Crippen LogP contribution in [-0.4, -0.2) is 37.5 Å². The van der Waals surface area contributed by atoms with Crippen LogP contribution in [-0.2, 0) is 20.7 Å². The van der Waals surface area contributed by atoms with Crippen LogP contribution in [0.2, 0.25) is 0 Å². The Morgan fingerprint density at radius 2 is 1.86 bits per heavy atom. The van der Waals surface area contributed by atoms with Crippen LogP contribution < -0.4 is 10.6 Å². The highest BCUT2D eigenvalue weighted by atomic mass is 16.7. The fourth-order valence-electron chi connectivity index (χ4n) is 2.18. The van der Waals surface area contributed by atoms with Crippen LogP contribution in [0.15, 0.2) is 24.3 Å². The van der Waals surface area contributed by atoms with Crippen LogP contribution >= 0.6 is 0 Å². The number of nitrogens with one attached hydrogen (secondary N) is 2. The Morgan fingerprint density at radius 1 is 1.24 bits per heavy atom. The number of hydrogen-bond acceptors (Lipinski definition) is 4. The number of likely N-dealkylation sites (N-methyl/N-ethyl adjacent to an activating group) is 1. The molecule has 0 aromatic heterocycles. The third kappa shape index (κ3) is 5.02. The second-order valence-corrected chi connectivity index (χ2v) is 5.69. The molecule has 21 heavy (non-hydrogen) atoms. The molecule has 2 rings (SSSR count). The molecule has 0 unspecified atom stereocenters. The Morgan fingerprint density at radius 3 is 2.43 bits per heavy atom. The molecule has 1 aliphatic rings. The second-order valence-electron chi connectivity index (χ2n) is 5.69. The molecule has 5 heteroatoms. The van der Waals surface area contributed by atoms with Gasteiger partial charge in [-0.1, -0.05) is 12.1 Å². The molecule has 1 aliphatic heterocycles. The van der Waals surface area contributed by atoms with E-state index >= 15 is 0 Å². The minimum absolute atomic E-state index is 0.0505. The van der Waals surface area contributed by atoms with Gasteiger partial charge in [0.2, 0.25) is 5.91 Å². The number of hydrogen-bond donors (Lipinski definition) is 2. The first-order chi connectivity index (χ1) is 9.98. The van der Waals surface area contributed by atoms with E-state index in [-0.39, 0.29) is 11.9 Å². The molecule has 116 valence electrons. The Bertz CT molecular complexity index is 461. The maximum absolute atomic E-state index is 11.5. The molecule has 1 saturated heterocycles. The van der Waals surface area contributed by atoms with Crippen LogP contribution in [0.3, 0.4) is 0 Å². The fourth-order valence-corrected chi connectivity index (χ4v) is 2.18. The average molecular weight is 292 g/mol. The summed E-state index contributed by atoms with van der Waals surface area (Å²) in [4.78, 5) is 11.5. The summed E-state index contributed by atoms with van der Waals surface area (Å²) < 4.78 is 11.2. The standard InChI is InChI=1S/C16H24N2O3/c1-4-17-15(19)9-12-5-7-13(8-6-12)18-14-10-20-16(2,3)21-11-14/h5-8,14,18H,4,9-11H2,1-3H3,(H,17,19). The minimum atomic E-state index is -0.491. The predicted octanol–water partition coefficient (Wildman–Crippen LogP) is 1.93. The first-order valence-corrected chi connectivity index (χ1v) is 7.38. The summed E-state index contributed by atoms with van der Waals surface area (Å²) in [5.74, 6) is -0.441. The predicted molar refractivity (Wildman–Crippen MR) is 82.2 cm³/mol. The van der Waals surface area contributed by atoms with Gasteiger partial charge in [-0.2, -0.15) is 0 Å². The van der Waals surface area contributed by atoms with Gasteiger partial charge in [0.1, 0.15) is 0 Å². The van der Waals surface area contributed by atoms with Crippen molar-refractivity contribution in [2.45, 2.75) is 39.0 Å². The highest BCUT2D eigenvalue weighted by molar-refractivity contribution is 5.78. The van der Waals surface area contributed by atoms with E-state index < -0.39 is 5.79 Å². The van der Waals surface area contributed by atoms with E-state index in [1.165, 1.54) is 0 Å². The molecule has 0 spiro atoms. The normalized spacial score (nSPS) is 18.2. The number of carbonyl (C=O) groups excluding carboxylic acids is 1. The summed E-state index contributed by atoms with van der Waals surface area (Å²) in [6.45, 7) is 7.65. The number of anilines is 1. The third-order valence-corrected chi connectivity index (χ3v) is 3.33. The molecule has 1 aromatic rings. The molecule has 2 N–H and O–H groups in total. The Balaban J connectivity index is 1.84. The van der Waals surface area contributed by atoms with E-state index in [0.29, 0.717) is 26.2 Å². The minimum Gasteiger partial charge on any atom is -0.378 e. The molecular formula is C16H24N2O3. The van der Waals surface area contributed by atoms with E-state index in [4.69, 9.17) is 9.47 Å². The molecule has 0 radical (unpaired) electrons. The van der Waals surface area contributed by atoms with Crippen molar-refractivity contribution in [3.63, 3.8) is 0 Å². The molecular weight excluding hydrogens is 268 g/mol. The van der Waals surface area contributed by atoms with Crippen LogP contribution in [0.5, 0.6) is 0 Å².